The van der Waals surface area contributed by atoms with Gasteiger partial charge >= 0.3 is 6.18 Å². The zero-order chi connectivity index (χ0) is 18.6. The minimum absolute atomic E-state index is 0.268. The van der Waals surface area contributed by atoms with E-state index in [1.807, 2.05) is 0 Å². The summed E-state index contributed by atoms with van der Waals surface area (Å²) in [6, 6.07) is 12.5. The number of alkyl halides is 3. The first-order valence-electron chi connectivity index (χ1n) is 9.45. The summed E-state index contributed by atoms with van der Waals surface area (Å²) in [6.07, 6.45) is 2.06. The molecule has 4 heteroatoms. The van der Waals surface area contributed by atoms with Crippen LogP contribution in [-0.4, -0.2) is 6.54 Å². The summed E-state index contributed by atoms with van der Waals surface area (Å²) >= 11 is 0. The topological polar surface area (TPSA) is 12.0 Å². The standard InChI is InChI=1S/C22H26F3N/c1-16(20-13-5-10-18-9-2-3-12-21(18)20)26-14-6-8-17-7-4-11-19(15-17)22(23,24)25/h4-5,7,10-11,13,15-16,26H,2-3,6,8-9,12,14H2,1H3/t16-/m1/s1. The van der Waals surface area contributed by atoms with Crippen molar-refractivity contribution in [3.8, 4) is 0 Å². The van der Waals surface area contributed by atoms with Crippen LogP contribution in [0.15, 0.2) is 42.5 Å². The molecule has 1 atom stereocenters. The molecule has 0 heterocycles. The van der Waals surface area contributed by atoms with Gasteiger partial charge in [0.25, 0.3) is 0 Å². The molecule has 3 rings (SSSR count). The highest BCUT2D eigenvalue weighted by Gasteiger charge is 2.30. The second-order valence-electron chi connectivity index (χ2n) is 7.17. The molecular formula is C22H26F3N. The SMILES string of the molecule is C[C@@H](NCCCc1cccc(C(F)(F)F)c1)c1cccc2c1CCCC2. The first-order chi connectivity index (χ1) is 12.4. The Hall–Kier alpha value is -1.81. The third-order valence-electron chi connectivity index (χ3n) is 5.25. The molecule has 0 aliphatic heterocycles. The summed E-state index contributed by atoms with van der Waals surface area (Å²) in [5.41, 5.74) is 4.53. The van der Waals surface area contributed by atoms with Crippen molar-refractivity contribution < 1.29 is 13.2 Å². The van der Waals surface area contributed by atoms with E-state index in [1.54, 1.807) is 6.07 Å². The summed E-state index contributed by atoms with van der Waals surface area (Å²) < 4.78 is 38.3. The van der Waals surface area contributed by atoms with E-state index in [4.69, 9.17) is 0 Å². The molecule has 0 amide bonds. The Bertz CT molecular complexity index is 736. The Morgan fingerprint density at radius 2 is 1.81 bits per heavy atom. The van der Waals surface area contributed by atoms with Crippen LogP contribution in [-0.2, 0) is 25.4 Å². The van der Waals surface area contributed by atoms with Crippen molar-refractivity contribution in [1.29, 1.82) is 0 Å². The van der Waals surface area contributed by atoms with Gasteiger partial charge in [-0.3, -0.25) is 0 Å². The third kappa shape index (κ3) is 4.67. The number of hydrogen-bond donors (Lipinski definition) is 1. The van der Waals surface area contributed by atoms with Crippen LogP contribution in [0.5, 0.6) is 0 Å². The summed E-state index contributed by atoms with van der Waals surface area (Å²) in [5, 5.41) is 3.54. The molecule has 140 valence electrons. The molecule has 0 aromatic heterocycles. The molecule has 1 aliphatic rings. The van der Waals surface area contributed by atoms with Crippen LogP contribution in [0.25, 0.3) is 0 Å². The Morgan fingerprint density at radius 1 is 1.04 bits per heavy atom. The zero-order valence-electron chi connectivity index (χ0n) is 15.2. The lowest BCUT2D eigenvalue weighted by atomic mass is 9.86. The lowest BCUT2D eigenvalue weighted by Gasteiger charge is -2.23. The monoisotopic (exact) mass is 361 g/mol. The molecule has 0 saturated carbocycles. The summed E-state index contributed by atoms with van der Waals surface area (Å²) in [4.78, 5) is 0. The Labute approximate surface area is 153 Å². The summed E-state index contributed by atoms with van der Waals surface area (Å²) in [6.45, 7) is 2.97. The highest BCUT2D eigenvalue weighted by Crippen LogP contribution is 2.30. The molecule has 2 aromatic rings. The van der Waals surface area contributed by atoms with Gasteiger partial charge in [-0.1, -0.05) is 36.4 Å². The minimum Gasteiger partial charge on any atom is -0.310 e. The van der Waals surface area contributed by atoms with E-state index in [9.17, 15) is 13.2 Å². The van der Waals surface area contributed by atoms with E-state index in [0.29, 0.717) is 6.42 Å². The predicted molar refractivity (Wildman–Crippen MR) is 99.3 cm³/mol. The van der Waals surface area contributed by atoms with Crippen molar-refractivity contribution in [3.63, 3.8) is 0 Å². The van der Waals surface area contributed by atoms with E-state index in [-0.39, 0.29) is 6.04 Å². The van der Waals surface area contributed by atoms with Crippen molar-refractivity contribution in [3.05, 3.63) is 70.3 Å². The molecule has 0 radical (unpaired) electrons. The van der Waals surface area contributed by atoms with E-state index in [2.05, 4.69) is 30.4 Å². The maximum absolute atomic E-state index is 12.8. The molecule has 1 N–H and O–H groups in total. The molecular weight excluding hydrogens is 335 g/mol. The molecule has 0 unspecified atom stereocenters. The number of nitrogens with one attached hydrogen (secondary N) is 1. The zero-order valence-corrected chi connectivity index (χ0v) is 15.2. The van der Waals surface area contributed by atoms with Gasteiger partial charge in [-0.25, -0.2) is 0 Å². The first-order valence-corrected chi connectivity index (χ1v) is 9.45. The fourth-order valence-corrected chi connectivity index (χ4v) is 3.84. The van der Waals surface area contributed by atoms with Gasteiger partial charge in [0.05, 0.1) is 5.56 Å². The molecule has 26 heavy (non-hydrogen) atoms. The quantitative estimate of drug-likeness (QED) is 0.635. The second kappa shape index (κ2) is 8.26. The molecule has 0 spiro atoms. The van der Waals surface area contributed by atoms with Gasteiger partial charge in [0, 0.05) is 6.04 Å². The largest absolute Gasteiger partial charge is 0.416 e. The highest BCUT2D eigenvalue weighted by molar-refractivity contribution is 5.38. The minimum atomic E-state index is -4.27. The Kier molecular flexibility index (Phi) is 6.02. The van der Waals surface area contributed by atoms with Gasteiger partial charge in [0.15, 0.2) is 0 Å². The van der Waals surface area contributed by atoms with Crippen LogP contribution in [0, 0.1) is 0 Å². The van der Waals surface area contributed by atoms with E-state index >= 15 is 0 Å². The maximum atomic E-state index is 12.8. The normalized spacial score (nSPS) is 15.5. The van der Waals surface area contributed by atoms with Crippen LogP contribution >= 0.6 is 0 Å². The van der Waals surface area contributed by atoms with Crippen LogP contribution in [0.2, 0.25) is 0 Å². The lowest BCUT2D eigenvalue weighted by Crippen LogP contribution is -2.22. The van der Waals surface area contributed by atoms with E-state index < -0.39 is 11.7 Å². The highest BCUT2D eigenvalue weighted by atomic mass is 19.4. The fourth-order valence-electron chi connectivity index (χ4n) is 3.84. The smallest absolute Gasteiger partial charge is 0.310 e. The van der Waals surface area contributed by atoms with Crippen molar-refractivity contribution in [2.75, 3.05) is 6.54 Å². The fraction of sp³-hybridized carbons (Fsp3) is 0.455. The number of aryl methyl sites for hydroxylation is 2. The van der Waals surface area contributed by atoms with Crippen LogP contribution in [0.1, 0.15) is 60.0 Å². The second-order valence-corrected chi connectivity index (χ2v) is 7.17. The van der Waals surface area contributed by atoms with Crippen LogP contribution < -0.4 is 5.32 Å². The number of hydrogen-bond acceptors (Lipinski definition) is 1. The average Bonchev–Trinajstić information content (AvgIpc) is 2.64. The molecule has 1 aliphatic carbocycles. The van der Waals surface area contributed by atoms with Crippen LogP contribution in [0.4, 0.5) is 13.2 Å². The Morgan fingerprint density at radius 3 is 2.62 bits per heavy atom. The molecule has 0 saturated heterocycles. The van der Waals surface area contributed by atoms with Crippen molar-refractivity contribution >= 4 is 0 Å². The maximum Gasteiger partial charge on any atom is 0.416 e. The van der Waals surface area contributed by atoms with Gasteiger partial charge in [-0.05, 0) is 80.3 Å². The Balaban J connectivity index is 1.53. The van der Waals surface area contributed by atoms with Gasteiger partial charge in [0.2, 0.25) is 0 Å². The molecule has 1 nitrogen and oxygen atoms in total. The molecule has 0 fully saturated rings. The van der Waals surface area contributed by atoms with Crippen molar-refractivity contribution in [1.82, 2.24) is 5.32 Å². The third-order valence-corrected chi connectivity index (χ3v) is 5.25. The first kappa shape index (κ1) is 19.0. The van der Waals surface area contributed by atoms with Gasteiger partial charge in [-0.2, -0.15) is 13.2 Å². The van der Waals surface area contributed by atoms with Gasteiger partial charge in [0.1, 0.15) is 0 Å². The number of rotatable bonds is 6. The molecule has 2 aromatic carbocycles. The number of fused-ring (bicyclic) bond motifs is 1. The van der Waals surface area contributed by atoms with Gasteiger partial charge < -0.3 is 5.32 Å². The van der Waals surface area contributed by atoms with Crippen LogP contribution in [0.3, 0.4) is 0 Å². The predicted octanol–water partition coefficient (Wildman–Crippen LogP) is 5.87. The van der Waals surface area contributed by atoms with E-state index in [0.717, 1.165) is 31.0 Å². The lowest BCUT2D eigenvalue weighted by molar-refractivity contribution is -0.137. The number of halogens is 3. The molecule has 0 bridgehead atoms. The van der Waals surface area contributed by atoms with Gasteiger partial charge in [-0.15, -0.1) is 0 Å². The summed E-state index contributed by atoms with van der Waals surface area (Å²) in [7, 11) is 0. The van der Waals surface area contributed by atoms with E-state index in [1.165, 1.54) is 48.1 Å². The van der Waals surface area contributed by atoms with Crippen molar-refractivity contribution in [2.45, 2.75) is 57.7 Å². The summed E-state index contributed by atoms with van der Waals surface area (Å²) in [5.74, 6) is 0. The number of benzene rings is 2. The van der Waals surface area contributed by atoms with Crippen molar-refractivity contribution in [2.24, 2.45) is 0 Å². The average molecular weight is 361 g/mol.